The number of carboxylic acid groups (broad SMARTS) is 1. The van der Waals surface area contributed by atoms with Crippen molar-refractivity contribution in [3.8, 4) is 11.1 Å². The van der Waals surface area contributed by atoms with E-state index in [0.717, 1.165) is 22.3 Å². The van der Waals surface area contributed by atoms with Crippen LogP contribution in [0, 0.1) is 5.92 Å². The second-order valence-electron chi connectivity index (χ2n) is 8.65. The van der Waals surface area contributed by atoms with Gasteiger partial charge >= 0.3 is 12.1 Å². The van der Waals surface area contributed by atoms with Crippen molar-refractivity contribution in [2.75, 3.05) is 13.2 Å². The Kier molecular flexibility index (Phi) is 7.09. The molecule has 182 valence electrons. The molecule has 2 amide bonds. The van der Waals surface area contributed by atoms with Crippen LogP contribution in [0.2, 0.25) is 0 Å². The Morgan fingerprint density at radius 2 is 1.69 bits per heavy atom. The van der Waals surface area contributed by atoms with Gasteiger partial charge in [0, 0.05) is 12.5 Å². The first-order valence-electron chi connectivity index (χ1n) is 11.4. The number of hydrogen-bond donors (Lipinski definition) is 3. The van der Waals surface area contributed by atoms with Crippen molar-refractivity contribution in [1.82, 2.24) is 25.6 Å². The summed E-state index contributed by atoms with van der Waals surface area (Å²) in [7, 11) is 0. The average molecular weight is 478 g/mol. The average Bonchev–Trinajstić information content (AvgIpc) is 3.44. The summed E-state index contributed by atoms with van der Waals surface area (Å²) < 4.78 is 6.89. The largest absolute Gasteiger partial charge is 0.476 e. The van der Waals surface area contributed by atoms with E-state index < -0.39 is 18.1 Å². The molecule has 1 heterocycles. The third kappa shape index (κ3) is 5.32. The van der Waals surface area contributed by atoms with Gasteiger partial charge < -0.3 is 20.5 Å². The van der Waals surface area contributed by atoms with E-state index in [0.29, 0.717) is 0 Å². The standard InChI is InChI=1S/C25H27N5O5/c1-15(2)22(23(31)26-11-12-30-13-21(24(32)33)28-29-30)27-25(34)35-14-20-18-9-5-3-7-16(18)17-8-4-6-10-19(17)20/h3-10,13,15,20,22H,11-12,14H2,1-2H3,(H,26,31)(H,27,34)(H,32,33)/t22-/m1/s1. The van der Waals surface area contributed by atoms with Crippen molar-refractivity contribution in [1.29, 1.82) is 0 Å². The molecule has 0 bridgehead atoms. The van der Waals surface area contributed by atoms with E-state index in [9.17, 15) is 14.4 Å². The molecular weight excluding hydrogens is 450 g/mol. The monoisotopic (exact) mass is 477 g/mol. The molecule has 0 fully saturated rings. The number of aromatic carboxylic acids is 1. The topological polar surface area (TPSA) is 135 Å². The molecule has 4 rings (SSSR count). The minimum atomic E-state index is -1.17. The smallest absolute Gasteiger partial charge is 0.407 e. The number of carbonyl (C=O) groups is 3. The number of rotatable bonds is 9. The molecule has 10 nitrogen and oxygen atoms in total. The van der Waals surface area contributed by atoms with Crippen LogP contribution < -0.4 is 10.6 Å². The summed E-state index contributed by atoms with van der Waals surface area (Å²) in [5.41, 5.74) is 4.32. The van der Waals surface area contributed by atoms with Crippen molar-refractivity contribution in [2.45, 2.75) is 32.4 Å². The van der Waals surface area contributed by atoms with E-state index in [4.69, 9.17) is 9.84 Å². The number of alkyl carbamates (subject to hydrolysis) is 1. The second-order valence-corrected chi connectivity index (χ2v) is 8.65. The summed E-state index contributed by atoms with van der Waals surface area (Å²) in [4.78, 5) is 36.2. The van der Waals surface area contributed by atoms with Crippen LogP contribution in [0.3, 0.4) is 0 Å². The number of carboxylic acids is 1. The molecule has 3 N–H and O–H groups in total. The number of ether oxygens (including phenoxy) is 1. The quantitative estimate of drug-likeness (QED) is 0.431. The summed E-state index contributed by atoms with van der Waals surface area (Å²) in [6, 6.07) is 15.3. The van der Waals surface area contributed by atoms with Gasteiger partial charge in [0.25, 0.3) is 0 Å². The SMILES string of the molecule is CC(C)[C@@H](NC(=O)OCC1c2ccccc2-c2ccccc21)C(=O)NCCn1cc(C(=O)O)nn1. The zero-order valence-electron chi connectivity index (χ0n) is 19.5. The lowest BCUT2D eigenvalue weighted by molar-refractivity contribution is -0.124. The van der Waals surface area contributed by atoms with Crippen molar-refractivity contribution in [3.05, 3.63) is 71.5 Å². The van der Waals surface area contributed by atoms with E-state index in [1.165, 1.54) is 10.9 Å². The molecule has 1 aromatic heterocycles. The van der Waals surface area contributed by atoms with E-state index in [2.05, 4.69) is 33.1 Å². The Morgan fingerprint density at radius 3 is 2.26 bits per heavy atom. The lowest BCUT2D eigenvalue weighted by Crippen LogP contribution is -2.50. The highest BCUT2D eigenvalue weighted by atomic mass is 16.5. The summed E-state index contributed by atoms with van der Waals surface area (Å²) in [6.07, 6.45) is 0.617. The number of carbonyl (C=O) groups excluding carboxylic acids is 2. The Hall–Kier alpha value is -4.21. The number of nitrogens with one attached hydrogen (secondary N) is 2. The highest BCUT2D eigenvalue weighted by molar-refractivity contribution is 5.86. The van der Waals surface area contributed by atoms with E-state index in [1.54, 1.807) is 0 Å². The summed E-state index contributed by atoms with van der Waals surface area (Å²) in [6.45, 7) is 4.23. The maximum Gasteiger partial charge on any atom is 0.407 e. The third-order valence-corrected chi connectivity index (χ3v) is 5.96. The Bertz CT molecular complexity index is 1190. The fourth-order valence-corrected chi connectivity index (χ4v) is 4.21. The van der Waals surface area contributed by atoms with Crippen LogP contribution in [-0.4, -0.2) is 57.3 Å². The zero-order chi connectivity index (χ0) is 24.9. The molecule has 1 aliphatic carbocycles. The zero-order valence-corrected chi connectivity index (χ0v) is 19.5. The Morgan fingerprint density at radius 1 is 1.06 bits per heavy atom. The number of amides is 2. The molecule has 35 heavy (non-hydrogen) atoms. The lowest BCUT2D eigenvalue weighted by atomic mass is 9.98. The van der Waals surface area contributed by atoms with Crippen LogP contribution >= 0.6 is 0 Å². The normalized spacial score (nSPS) is 13.1. The van der Waals surface area contributed by atoms with E-state index in [-0.39, 0.29) is 43.1 Å². The van der Waals surface area contributed by atoms with Crippen molar-refractivity contribution >= 4 is 18.0 Å². The van der Waals surface area contributed by atoms with Gasteiger partial charge in [0.2, 0.25) is 5.91 Å². The minimum absolute atomic E-state index is 0.0714. The van der Waals surface area contributed by atoms with Crippen LogP contribution in [0.4, 0.5) is 4.79 Å². The third-order valence-electron chi connectivity index (χ3n) is 5.96. The minimum Gasteiger partial charge on any atom is -0.476 e. The van der Waals surface area contributed by atoms with Crippen molar-refractivity contribution < 1.29 is 24.2 Å². The summed E-state index contributed by atoms with van der Waals surface area (Å²) in [5, 5.41) is 21.5. The molecule has 0 saturated heterocycles. The maximum atomic E-state index is 12.7. The molecule has 10 heteroatoms. The van der Waals surface area contributed by atoms with Crippen LogP contribution in [-0.2, 0) is 16.1 Å². The Balaban J connectivity index is 1.32. The predicted molar refractivity (Wildman–Crippen MR) is 127 cm³/mol. The van der Waals surface area contributed by atoms with Crippen LogP contribution in [0.15, 0.2) is 54.7 Å². The van der Waals surface area contributed by atoms with Gasteiger partial charge in [-0.3, -0.25) is 4.79 Å². The molecule has 3 aromatic rings. The number of fused-ring (bicyclic) bond motifs is 3. The molecule has 0 radical (unpaired) electrons. The molecule has 0 aliphatic heterocycles. The molecule has 0 spiro atoms. The highest BCUT2D eigenvalue weighted by Crippen LogP contribution is 2.44. The van der Waals surface area contributed by atoms with Gasteiger partial charge in [0.05, 0.1) is 12.7 Å². The highest BCUT2D eigenvalue weighted by Gasteiger charge is 2.30. The number of hydrogen-bond acceptors (Lipinski definition) is 6. The van der Waals surface area contributed by atoms with Crippen molar-refractivity contribution in [3.63, 3.8) is 0 Å². The van der Waals surface area contributed by atoms with Gasteiger partial charge in [-0.05, 0) is 28.2 Å². The summed E-state index contributed by atoms with van der Waals surface area (Å²) >= 11 is 0. The fraction of sp³-hybridized carbons (Fsp3) is 0.320. The van der Waals surface area contributed by atoms with Gasteiger partial charge in [0.1, 0.15) is 12.6 Å². The molecule has 0 unspecified atom stereocenters. The van der Waals surface area contributed by atoms with Gasteiger partial charge in [-0.1, -0.05) is 67.6 Å². The van der Waals surface area contributed by atoms with Gasteiger partial charge in [-0.25, -0.2) is 14.3 Å². The lowest BCUT2D eigenvalue weighted by Gasteiger charge is -2.22. The van der Waals surface area contributed by atoms with Crippen molar-refractivity contribution in [2.24, 2.45) is 5.92 Å². The first-order chi connectivity index (χ1) is 16.8. The second kappa shape index (κ2) is 10.4. The molecule has 2 aromatic carbocycles. The van der Waals surface area contributed by atoms with Crippen LogP contribution in [0.1, 0.15) is 41.4 Å². The van der Waals surface area contributed by atoms with Crippen LogP contribution in [0.5, 0.6) is 0 Å². The maximum absolute atomic E-state index is 12.7. The number of nitrogens with zero attached hydrogens (tertiary/aromatic N) is 3. The van der Waals surface area contributed by atoms with Gasteiger partial charge in [0.15, 0.2) is 5.69 Å². The van der Waals surface area contributed by atoms with Gasteiger partial charge in [-0.15, -0.1) is 5.10 Å². The van der Waals surface area contributed by atoms with E-state index >= 15 is 0 Å². The molecule has 0 saturated carbocycles. The summed E-state index contributed by atoms with van der Waals surface area (Å²) in [5.74, 6) is -1.79. The molecule has 1 atom stereocenters. The first-order valence-corrected chi connectivity index (χ1v) is 11.4. The fourth-order valence-electron chi connectivity index (χ4n) is 4.21. The number of aromatic nitrogens is 3. The number of benzene rings is 2. The molecular formula is C25H27N5O5. The first kappa shape index (κ1) is 23.9. The molecule has 1 aliphatic rings. The van der Waals surface area contributed by atoms with Crippen LogP contribution in [0.25, 0.3) is 11.1 Å². The van der Waals surface area contributed by atoms with Gasteiger partial charge in [-0.2, -0.15) is 0 Å². The Labute approximate surface area is 202 Å². The van der Waals surface area contributed by atoms with E-state index in [1.807, 2.05) is 50.2 Å². The predicted octanol–water partition coefficient (Wildman–Crippen LogP) is 2.66.